The fraction of sp³-hybridized carbons (Fsp3) is 0.944. The Balaban J connectivity index is 4.40. The van der Waals surface area contributed by atoms with Gasteiger partial charge in [0.2, 0.25) is 0 Å². The van der Waals surface area contributed by atoms with E-state index in [0.29, 0.717) is 17.4 Å². The monoisotopic (exact) mass is 662 g/mol. The van der Waals surface area contributed by atoms with Crippen molar-refractivity contribution in [2.45, 2.75) is 174 Å². The molecule has 0 saturated carbocycles. The second kappa shape index (κ2) is 29.2. The maximum atomic E-state index is 12.6. The summed E-state index contributed by atoms with van der Waals surface area (Å²) < 4.78 is 29.1. The van der Waals surface area contributed by atoms with Crippen LogP contribution in [0.5, 0.6) is 0 Å². The highest BCUT2D eigenvalue weighted by atomic mass is 31.2. The topological polar surface area (TPSA) is 102 Å². The lowest BCUT2D eigenvalue weighted by molar-refractivity contribution is -0.868. The Hall–Kier alpha value is -0.950. The molecule has 0 aliphatic carbocycles. The molecule has 0 aromatic carbocycles. The average Bonchev–Trinajstić information content (AvgIpc) is 2.98. The molecule has 0 aromatic heterocycles. The van der Waals surface area contributed by atoms with Crippen LogP contribution in [0.3, 0.4) is 0 Å². The number of rotatable bonds is 33. The number of carbonyl (C=O) groups is 2. The van der Waals surface area contributed by atoms with Gasteiger partial charge in [0.1, 0.15) is 14.2 Å². The van der Waals surface area contributed by atoms with Crippen LogP contribution in [0.25, 0.3) is 0 Å². The van der Waals surface area contributed by atoms with Gasteiger partial charge in [-0.05, 0) is 12.8 Å². The first-order valence-corrected chi connectivity index (χ1v) is 20.3. The van der Waals surface area contributed by atoms with Gasteiger partial charge < -0.3 is 27.9 Å². The lowest BCUT2D eigenvalue weighted by Crippen LogP contribution is -2.38. The van der Waals surface area contributed by atoms with Crippen LogP contribution >= 0.6 is 7.60 Å². The molecule has 0 aromatic rings. The number of hydrogen-bond acceptors (Lipinski definition) is 7. The zero-order chi connectivity index (χ0) is 33.7. The predicted octanol–water partition coefficient (Wildman–Crippen LogP) is 9.12. The van der Waals surface area contributed by atoms with Crippen LogP contribution in [0.15, 0.2) is 0 Å². The normalized spacial score (nSPS) is 13.8. The van der Waals surface area contributed by atoms with Gasteiger partial charge in [0.25, 0.3) is 0 Å². The zero-order valence-electron chi connectivity index (χ0n) is 30.1. The van der Waals surface area contributed by atoms with Crippen molar-refractivity contribution in [1.82, 2.24) is 0 Å². The van der Waals surface area contributed by atoms with Gasteiger partial charge in [-0.2, -0.15) is 0 Å². The van der Waals surface area contributed by atoms with Gasteiger partial charge in [-0.1, -0.05) is 142 Å². The fourth-order valence-corrected chi connectivity index (χ4v) is 6.54. The van der Waals surface area contributed by atoms with Gasteiger partial charge in [-0.25, -0.2) is 0 Å². The molecular weight excluding hydrogens is 589 g/mol. The zero-order valence-corrected chi connectivity index (χ0v) is 31.0. The molecule has 0 aliphatic heterocycles. The third-order valence-electron chi connectivity index (χ3n) is 8.20. The van der Waals surface area contributed by atoms with Crippen LogP contribution in [0, 0.1) is 0 Å². The second-order valence-corrected chi connectivity index (χ2v) is 15.9. The van der Waals surface area contributed by atoms with Gasteiger partial charge in [-0.15, -0.1) is 0 Å². The lowest BCUT2D eigenvalue weighted by atomic mass is 10.1. The van der Waals surface area contributed by atoms with Crippen LogP contribution < -0.4 is 4.89 Å². The first kappa shape index (κ1) is 44.0. The highest BCUT2D eigenvalue weighted by Crippen LogP contribution is 2.37. The molecule has 9 heteroatoms. The number of unbranched alkanes of at least 4 members (excludes halogenated alkanes) is 20. The Bertz CT molecular complexity index is 756. The van der Waals surface area contributed by atoms with Crippen LogP contribution in [0.4, 0.5) is 0 Å². The van der Waals surface area contributed by atoms with Crippen molar-refractivity contribution in [3.8, 4) is 0 Å². The molecule has 45 heavy (non-hydrogen) atoms. The molecule has 0 aliphatic rings. The summed E-state index contributed by atoms with van der Waals surface area (Å²) in [5, 5.41) is 0. The molecular formula is C36H72NO7P. The molecule has 0 fully saturated rings. The van der Waals surface area contributed by atoms with E-state index in [0.717, 1.165) is 38.5 Å². The molecule has 0 heterocycles. The Labute approximate surface area is 277 Å². The van der Waals surface area contributed by atoms with Crippen molar-refractivity contribution in [2.75, 3.05) is 47.1 Å². The van der Waals surface area contributed by atoms with Crippen molar-refractivity contribution < 1.29 is 37.5 Å². The molecule has 0 bridgehead atoms. The van der Waals surface area contributed by atoms with Gasteiger partial charge in [0.15, 0.2) is 6.10 Å². The lowest BCUT2D eigenvalue weighted by Gasteiger charge is -2.30. The van der Waals surface area contributed by atoms with E-state index in [-0.39, 0.29) is 31.8 Å². The summed E-state index contributed by atoms with van der Waals surface area (Å²) in [5.41, 5.74) is 0. The maximum Gasteiger partial charge on any atom is 0.306 e. The Morgan fingerprint density at radius 2 is 0.978 bits per heavy atom. The number of quaternary nitrogens is 1. The summed E-state index contributed by atoms with van der Waals surface area (Å²) in [6, 6.07) is 0. The molecule has 8 nitrogen and oxygen atoms in total. The summed E-state index contributed by atoms with van der Waals surface area (Å²) >= 11 is 0. The highest BCUT2D eigenvalue weighted by Gasteiger charge is 2.22. The maximum absolute atomic E-state index is 12.6. The van der Waals surface area contributed by atoms with Gasteiger partial charge in [-0.3, -0.25) is 9.59 Å². The third kappa shape index (κ3) is 32.8. The Kier molecular flexibility index (Phi) is 28.6. The minimum absolute atomic E-state index is 0.117. The smallest absolute Gasteiger partial charge is 0.306 e. The average molecular weight is 662 g/mol. The molecule has 0 rings (SSSR count). The van der Waals surface area contributed by atoms with Crippen LogP contribution in [-0.4, -0.2) is 69.6 Å². The van der Waals surface area contributed by atoms with Gasteiger partial charge in [0.05, 0.1) is 40.5 Å². The van der Waals surface area contributed by atoms with Crippen molar-refractivity contribution in [3.05, 3.63) is 0 Å². The minimum Gasteiger partial charge on any atom is -0.778 e. The molecule has 2 atom stereocenters. The molecule has 0 radical (unpaired) electrons. The molecule has 268 valence electrons. The minimum atomic E-state index is -4.12. The Morgan fingerprint density at radius 1 is 0.600 bits per heavy atom. The number of carbonyl (C=O) groups excluding carboxylic acids is 2. The standard InChI is InChI=1S/C36H72NO7P/c1-6-8-10-12-14-16-18-20-22-24-26-28-35(38)42-32-34(33-43-45(40,41)31-30-37(3,4)5)44-36(39)29-27-25-23-21-19-17-15-13-11-9-7-2/h34H,6-33H2,1-5H3/t34-/m1/s1. The molecule has 0 spiro atoms. The van der Waals surface area contributed by atoms with Crippen LogP contribution in [0.2, 0.25) is 0 Å². The van der Waals surface area contributed by atoms with E-state index in [2.05, 4.69) is 13.8 Å². The van der Waals surface area contributed by atoms with Crippen molar-refractivity contribution >= 4 is 19.5 Å². The van der Waals surface area contributed by atoms with Crippen molar-refractivity contribution in [1.29, 1.82) is 0 Å². The van der Waals surface area contributed by atoms with E-state index in [4.69, 9.17) is 14.0 Å². The van der Waals surface area contributed by atoms with E-state index >= 15 is 0 Å². The summed E-state index contributed by atoms with van der Waals surface area (Å²) in [6.45, 7) is 4.33. The summed E-state index contributed by atoms with van der Waals surface area (Å²) in [7, 11) is 1.61. The number of nitrogens with zero attached hydrogens (tertiary/aromatic N) is 1. The van der Waals surface area contributed by atoms with Crippen LogP contribution in [0.1, 0.15) is 168 Å². The van der Waals surface area contributed by atoms with E-state index in [1.807, 2.05) is 21.1 Å². The molecule has 0 amide bonds. The number of ether oxygens (including phenoxy) is 2. The van der Waals surface area contributed by atoms with Crippen molar-refractivity contribution in [2.24, 2.45) is 0 Å². The first-order chi connectivity index (χ1) is 21.5. The molecule has 0 N–H and O–H groups in total. The van der Waals surface area contributed by atoms with E-state index in [1.165, 1.54) is 103 Å². The summed E-state index contributed by atoms with van der Waals surface area (Å²) in [5.74, 6) is -0.763. The van der Waals surface area contributed by atoms with Crippen molar-refractivity contribution in [3.63, 3.8) is 0 Å². The number of hydrogen-bond donors (Lipinski definition) is 0. The van der Waals surface area contributed by atoms with E-state index in [9.17, 15) is 19.0 Å². The van der Waals surface area contributed by atoms with E-state index < -0.39 is 19.7 Å². The molecule has 1 unspecified atom stereocenters. The second-order valence-electron chi connectivity index (χ2n) is 14.0. The quantitative estimate of drug-likeness (QED) is 0.0299. The third-order valence-corrected chi connectivity index (χ3v) is 9.49. The first-order valence-electron chi connectivity index (χ1n) is 18.6. The van der Waals surface area contributed by atoms with Crippen LogP contribution in [-0.2, 0) is 28.2 Å². The molecule has 0 saturated heterocycles. The van der Waals surface area contributed by atoms with Gasteiger partial charge >= 0.3 is 11.9 Å². The van der Waals surface area contributed by atoms with Gasteiger partial charge in [0, 0.05) is 12.8 Å². The number of esters is 2. The summed E-state index contributed by atoms with van der Waals surface area (Å²) in [4.78, 5) is 37.4. The largest absolute Gasteiger partial charge is 0.778 e. The highest BCUT2D eigenvalue weighted by molar-refractivity contribution is 7.51. The SMILES string of the molecule is CCCCCCCCCCCCCC(=O)OC[C@H](COP(=O)([O-])CC[N+](C)(C)C)OC(=O)CCCCCCCCCCCCC. The van der Waals surface area contributed by atoms with E-state index in [1.54, 1.807) is 0 Å². The Morgan fingerprint density at radius 3 is 1.38 bits per heavy atom. The summed E-state index contributed by atoms with van der Waals surface area (Å²) in [6.07, 6.45) is 25.8. The fourth-order valence-electron chi connectivity index (χ4n) is 5.17. The predicted molar refractivity (Wildman–Crippen MR) is 184 cm³/mol.